The average Bonchev–Trinajstić information content (AvgIpc) is 2.99. The van der Waals surface area contributed by atoms with Crippen LogP contribution in [0.1, 0.15) is 5.69 Å². The van der Waals surface area contributed by atoms with Crippen molar-refractivity contribution in [2.45, 2.75) is 6.42 Å². The minimum absolute atomic E-state index is 0.0865. The molecule has 4 nitrogen and oxygen atoms in total. The molecule has 2 aromatic heterocycles. The molecule has 0 aliphatic rings. The molecule has 3 aromatic rings. The molecule has 3 rings (SSSR count). The lowest BCUT2D eigenvalue weighted by atomic mass is 10.3. The SMILES string of the molecule is O=C(Cc1csc(-c2cccnc2)n1)Oc1ccc(Br)cc1Cl. The van der Waals surface area contributed by atoms with Crippen LogP contribution >= 0.6 is 38.9 Å². The van der Waals surface area contributed by atoms with Crippen molar-refractivity contribution in [1.82, 2.24) is 9.97 Å². The second kappa shape index (κ2) is 7.21. The van der Waals surface area contributed by atoms with Gasteiger partial charge in [-0.15, -0.1) is 11.3 Å². The van der Waals surface area contributed by atoms with Gasteiger partial charge >= 0.3 is 5.97 Å². The highest BCUT2D eigenvalue weighted by atomic mass is 79.9. The summed E-state index contributed by atoms with van der Waals surface area (Å²) >= 11 is 10.8. The molecule has 0 radical (unpaired) electrons. The van der Waals surface area contributed by atoms with E-state index in [-0.39, 0.29) is 6.42 Å². The highest BCUT2D eigenvalue weighted by Crippen LogP contribution is 2.28. The largest absolute Gasteiger partial charge is 0.425 e. The molecule has 0 amide bonds. The topological polar surface area (TPSA) is 52.1 Å². The van der Waals surface area contributed by atoms with Gasteiger partial charge in [0, 0.05) is 27.8 Å². The standard InChI is InChI=1S/C16H10BrClN2O2S/c17-11-3-4-14(13(18)6-11)22-15(21)7-12-9-23-16(20-12)10-2-1-5-19-8-10/h1-6,8-9H,7H2. The quantitative estimate of drug-likeness (QED) is 0.460. The predicted molar refractivity (Wildman–Crippen MR) is 93.8 cm³/mol. The van der Waals surface area contributed by atoms with Crippen molar-refractivity contribution in [3.8, 4) is 16.3 Å². The van der Waals surface area contributed by atoms with Crippen molar-refractivity contribution in [3.05, 3.63) is 63.3 Å². The Morgan fingerprint density at radius 2 is 2.22 bits per heavy atom. The van der Waals surface area contributed by atoms with E-state index >= 15 is 0 Å². The Balaban J connectivity index is 1.68. The summed E-state index contributed by atoms with van der Waals surface area (Å²) in [6.45, 7) is 0. The number of carbonyl (C=O) groups is 1. The fourth-order valence-corrected chi connectivity index (χ4v) is 3.40. The summed E-state index contributed by atoms with van der Waals surface area (Å²) in [5.41, 5.74) is 1.58. The molecule has 0 N–H and O–H groups in total. The summed E-state index contributed by atoms with van der Waals surface area (Å²) in [5, 5.41) is 3.04. The van der Waals surface area contributed by atoms with Crippen molar-refractivity contribution in [2.75, 3.05) is 0 Å². The van der Waals surface area contributed by atoms with Crippen molar-refractivity contribution < 1.29 is 9.53 Å². The number of ether oxygens (including phenoxy) is 1. The van der Waals surface area contributed by atoms with Gasteiger partial charge in [-0.1, -0.05) is 27.5 Å². The number of benzene rings is 1. The lowest BCUT2D eigenvalue weighted by Crippen LogP contribution is -2.11. The second-order valence-corrected chi connectivity index (χ2v) is 6.79. The first-order valence-electron chi connectivity index (χ1n) is 6.62. The van der Waals surface area contributed by atoms with Crippen LogP contribution in [0.2, 0.25) is 5.02 Å². The van der Waals surface area contributed by atoms with Gasteiger partial charge in [-0.25, -0.2) is 4.98 Å². The van der Waals surface area contributed by atoms with Gasteiger partial charge in [-0.05, 0) is 30.3 Å². The number of hydrogen-bond acceptors (Lipinski definition) is 5. The monoisotopic (exact) mass is 408 g/mol. The number of esters is 1. The first kappa shape index (κ1) is 16.1. The molecule has 0 aliphatic heterocycles. The number of nitrogens with zero attached hydrogens (tertiary/aromatic N) is 2. The van der Waals surface area contributed by atoms with E-state index in [1.807, 2.05) is 17.5 Å². The zero-order chi connectivity index (χ0) is 16.2. The Morgan fingerprint density at radius 1 is 1.35 bits per heavy atom. The fourth-order valence-electron chi connectivity index (χ4n) is 1.87. The van der Waals surface area contributed by atoms with E-state index in [4.69, 9.17) is 16.3 Å². The van der Waals surface area contributed by atoms with E-state index in [2.05, 4.69) is 25.9 Å². The summed E-state index contributed by atoms with van der Waals surface area (Å²) < 4.78 is 6.10. The van der Waals surface area contributed by atoms with E-state index in [1.165, 1.54) is 11.3 Å². The average molecular weight is 410 g/mol. The molecule has 2 heterocycles. The van der Waals surface area contributed by atoms with Crippen LogP contribution in [-0.2, 0) is 11.2 Å². The van der Waals surface area contributed by atoms with Gasteiger partial charge in [0.05, 0.1) is 17.1 Å². The van der Waals surface area contributed by atoms with Gasteiger partial charge in [-0.3, -0.25) is 9.78 Å². The van der Waals surface area contributed by atoms with Gasteiger partial charge in [0.25, 0.3) is 0 Å². The van der Waals surface area contributed by atoms with E-state index < -0.39 is 5.97 Å². The summed E-state index contributed by atoms with van der Waals surface area (Å²) in [6.07, 6.45) is 3.53. The molecule has 1 aromatic carbocycles. The van der Waals surface area contributed by atoms with E-state index in [9.17, 15) is 4.79 Å². The Hall–Kier alpha value is -1.76. The molecule has 116 valence electrons. The van der Waals surface area contributed by atoms with Crippen LogP contribution in [0.25, 0.3) is 10.6 Å². The number of hydrogen-bond donors (Lipinski definition) is 0. The third-order valence-electron chi connectivity index (χ3n) is 2.90. The van der Waals surface area contributed by atoms with Gasteiger partial charge < -0.3 is 4.74 Å². The third kappa shape index (κ3) is 4.16. The number of thiazole rings is 1. The zero-order valence-electron chi connectivity index (χ0n) is 11.7. The first-order chi connectivity index (χ1) is 11.1. The van der Waals surface area contributed by atoms with Gasteiger partial charge in [0.15, 0.2) is 0 Å². The minimum Gasteiger partial charge on any atom is -0.425 e. The Labute approximate surface area is 150 Å². The Kier molecular flexibility index (Phi) is 5.05. The smallest absolute Gasteiger partial charge is 0.317 e. The molecule has 7 heteroatoms. The highest BCUT2D eigenvalue weighted by Gasteiger charge is 2.13. The molecular formula is C16H10BrClN2O2S. The maximum atomic E-state index is 12.0. The lowest BCUT2D eigenvalue weighted by Gasteiger charge is -2.05. The van der Waals surface area contributed by atoms with Crippen molar-refractivity contribution in [1.29, 1.82) is 0 Å². The number of rotatable bonds is 4. The highest BCUT2D eigenvalue weighted by molar-refractivity contribution is 9.10. The fraction of sp³-hybridized carbons (Fsp3) is 0.0625. The third-order valence-corrected chi connectivity index (χ3v) is 4.63. The molecule has 0 bridgehead atoms. The first-order valence-corrected chi connectivity index (χ1v) is 8.67. The molecule has 23 heavy (non-hydrogen) atoms. The van der Waals surface area contributed by atoms with Crippen molar-refractivity contribution in [2.24, 2.45) is 0 Å². The van der Waals surface area contributed by atoms with Crippen molar-refractivity contribution >= 4 is 44.8 Å². The van der Waals surface area contributed by atoms with E-state index in [1.54, 1.807) is 30.6 Å². The summed E-state index contributed by atoms with van der Waals surface area (Å²) in [6, 6.07) is 8.85. The van der Waals surface area contributed by atoms with Gasteiger partial charge in [-0.2, -0.15) is 0 Å². The van der Waals surface area contributed by atoms with E-state index in [0.29, 0.717) is 16.5 Å². The van der Waals surface area contributed by atoms with Crippen LogP contribution in [0.3, 0.4) is 0 Å². The van der Waals surface area contributed by atoms with Crippen LogP contribution in [0, 0.1) is 0 Å². The number of pyridine rings is 1. The molecule has 0 atom stereocenters. The van der Waals surface area contributed by atoms with Crippen LogP contribution in [-0.4, -0.2) is 15.9 Å². The second-order valence-electron chi connectivity index (χ2n) is 4.61. The zero-order valence-corrected chi connectivity index (χ0v) is 14.9. The molecule has 0 saturated carbocycles. The molecule has 0 spiro atoms. The van der Waals surface area contributed by atoms with Crippen LogP contribution in [0.5, 0.6) is 5.75 Å². The molecule has 0 unspecified atom stereocenters. The lowest BCUT2D eigenvalue weighted by molar-refractivity contribution is -0.133. The molecule has 0 saturated heterocycles. The number of carbonyl (C=O) groups excluding carboxylic acids is 1. The van der Waals surface area contributed by atoms with Crippen LogP contribution < -0.4 is 4.74 Å². The van der Waals surface area contributed by atoms with Crippen LogP contribution in [0.15, 0.2) is 52.6 Å². The Bertz CT molecular complexity index is 839. The van der Waals surface area contributed by atoms with Gasteiger partial charge in [0.2, 0.25) is 0 Å². The number of halogens is 2. The number of aromatic nitrogens is 2. The maximum Gasteiger partial charge on any atom is 0.317 e. The minimum atomic E-state index is -0.405. The maximum absolute atomic E-state index is 12.0. The molecule has 0 fully saturated rings. The molecular weight excluding hydrogens is 400 g/mol. The van der Waals surface area contributed by atoms with Crippen LogP contribution in [0.4, 0.5) is 0 Å². The van der Waals surface area contributed by atoms with E-state index in [0.717, 1.165) is 15.0 Å². The summed E-state index contributed by atoms with van der Waals surface area (Å²) in [5.74, 6) is -0.0696. The van der Waals surface area contributed by atoms with Gasteiger partial charge in [0.1, 0.15) is 10.8 Å². The normalized spacial score (nSPS) is 10.5. The predicted octanol–water partition coefficient (Wildman–Crippen LogP) is 4.77. The summed E-state index contributed by atoms with van der Waals surface area (Å²) in [7, 11) is 0. The summed E-state index contributed by atoms with van der Waals surface area (Å²) in [4.78, 5) is 20.5. The Morgan fingerprint density at radius 3 is 2.96 bits per heavy atom. The molecule has 0 aliphatic carbocycles. The van der Waals surface area contributed by atoms with Crippen molar-refractivity contribution in [3.63, 3.8) is 0 Å².